The second-order valence-electron chi connectivity index (χ2n) is 6.69. The van der Waals surface area contributed by atoms with Gasteiger partial charge in [0.1, 0.15) is 26.4 Å². The van der Waals surface area contributed by atoms with E-state index in [2.05, 4.69) is 10.6 Å². The molecule has 0 bridgehead atoms. The summed E-state index contributed by atoms with van der Waals surface area (Å²) >= 11 is 0. The average molecular weight is 430 g/mol. The van der Waals surface area contributed by atoms with Gasteiger partial charge in [-0.15, -0.1) is 0 Å². The van der Waals surface area contributed by atoms with Crippen molar-refractivity contribution < 1.29 is 33.3 Å². The average Bonchev–Trinajstić information content (AvgIpc) is 2.72. The predicted octanol–water partition coefficient (Wildman–Crippen LogP) is 2.85. The molecule has 9 heteroatoms. The molecule has 31 heavy (non-hydrogen) atoms. The van der Waals surface area contributed by atoms with E-state index in [1.54, 1.807) is 36.4 Å². The summed E-state index contributed by atoms with van der Waals surface area (Å²) in [5, 5.41) is 5.44. The summed E-state index contributed by atoms with van der Waals surface area (Å²) in [7, 11) is 0. The Morgan fingerprint density at radius 3 is 1.42 bits per heavy atom. The van der Waals surface area contributed by atoms with Gasteiger partial charge in [-0.2, -0.15) is 0 Å². The molecule has 2 aromatic carbocycles. The Morgan fingerprint density at radius 1 is 0.613 bits per heavy atom. The molecule has 0 saturated carbocycles. The van der Waals surface area contributed by atoms with Crippen LogP contribution in [-0.4, -0.2) is 51.5 Å². The molecule has 2 aromatic rings. The molecule has 0 fully saturated rings. The first-order valence-electron chi connectivity index (χ1n) is 9.93. The van der Waals surface area contributed by atoms with Gasteiger partial charge in [-0.05, 0) is 24.3 Å². The van der Waals surface area contributed by atoms with Crippen LogP contribution in [0.3, 0.4) is 0 Å². The monoisotopic (exact) mass is 430 g/mol. The van der Waals surface area contributed by atoms with E-state index in [1.807, 2.05) is 0 Å². The number of benzene rings is 2. The van der Waals surface area contributed by atoms with Crippen LogP contribution in [0.4, 0.5) is 11.4 Å². The molecule has 0 atom stereocenters. The van der Waals surface area contributed by atoms with Crippen molar-refractivity contribution in [3.05, 3.63) is 36.4 Å². The number of hydrogen-bond donors (Lipinski definition) is 2. The maximum absolute atomic E-state index is 11.3. The molecule has 3 rings (SSSR count). The Kier molecular flexibility index (Phi) is 7.94. The standard InChI is InChI=1S/C22H26N2O7/c1-15(25)23-17-3-5-19-21(13-17)30-11-12-31-22-14-18(24-16(2)26)4-6-20(22)29-10-8-27-7-9-28-19/h3-6,13-14H,7-12H2,1-2H3,(H,23,25)(H,24,26). The van der Waals surface area contributed by atoms with E-state index in [-0.39, 0.29) is 25.0 Å². The lowest BCUT2D eigenvalue weighted by Gasteiger charge is -2.15. The lowest BCUT2D eigenvalue weighted by molar-refractivity contribution is -0.115. The van der Waals surface area contributed by atoms with Crippen LogP contribution >= 0.6 is 0 Å². The summed E-state index contributed by atoms with van der Waals surface area (Å²) in [6, 6.07) is 10.3. The Labute approximate surface area is 180 Å². The Hall–Kier alpha value is -3.46. The van der Waals surface area contributed by atoms with E-state index < -0.39 is 0 Å². The minimum absolute atomic E-state index is 0.179. The quantitative estimate of drug-likeness (QED) is 0.755. The number of amides is 2. The zero-order valence-electron chi connectivity index (χ0n) is 17.6. The summed E-state index contributed by atoms with van der Waals surface area (Å²) in [4.78, 5) is 22.7. The van der Waals surface area contributed by atoms with Gasteiger partial charge in [0.25, 0.3) is 0 Å². The Morgan fingerprint density at radius 2 is 1.00 bits per heavy atom. The molecule has 0 spiro atoms. The second-order valence-corrected chi connectivity index (χ2v) is 6.69. The van der Waals surface area contributed by atoms with Crippen molar-refractivity contribution in [3.63, 3.8) is 0 Å². The number of carbonyl (C=O) groups excluding carboxylic acids is 2. The Balaban J connectivity index is 1.75. The number of hydrogen-bond acceptors (Lipinski definition) is 7. The molecule has 9 nitrogen and oxygen atoms in total. The molecule has 0 radical (unpaired) electrons. The molecule has 0 aromatic heterocycles. The molecule has 2 N–H and O–H groups in total. The van der Waals surface area contributed by atoms with E-state index in [4.69, 9.17) is 23.7 Å². The summed E-state index contributed by atoms with van der Waals surface area (Å²) in [6.45, 7) is 4.74. The van der Waals surface area contributed by atoms with Crippen LogP contribution in [0.15, 0.2) is 36.4 Å². The van der Waals surface area contributed by atoms with Crippen LogP contribution < -0.4 is 29.6 Å². The van der Waals surface area contributed by atoms with Crippen LogP contribution in [0.2, 0.25) is 0 Å². The number of ether oxygens (including phenoxy) is 5. The highest BCUT2D eigenvalue weighted by atomic mass is 16.6. The molecule has 0 unspecified atom stereocenters. The lowest BCUT2D eigenvalue weighted by atomic mass is 10.2. The molecule has 1 aliphatic heterocycles. The Bertz CT molecular complexity index is 843. The van der Waals surface area contributed by atoms with Crippen LogP contribution in [0.25, 0.3) is 0 Å². The highest BCUT2D eigenvalue weighted by molar-refractivity contribution is 5.89. The van der Waals surface area contributed by atoms with Crippen molar-refractivity contribution in [2.45, 2.75) is 13.8 Å². The van der Waals surface area contributed by atoms with Gasteiger partial charge in [0.2, 0.25) is 11.8 Å². The fourth-order valence-electron chi connectivity index (χ4n) is 2.87. The van der Waals surface area contributed by atoms with Gasteiger partial charge in [0, 0.05) is 37.4 Å². The van der Waals surface area contributed by atoms with Crippen molar-refractivity contribution in [3.8, 4) is 23.0 Å². The summed E-state index contributed by atoms with van der Waals surface area (Å²) in [5.74, 6) is 1.68. The van der Waals surface area contributed by atoms with E-state index in [0.29, 0.717) is 60.8 Å². The minimum Gasteiger partial charge on any atom is -0.487 e. The van der Waals surface area contributed by atoms with Crippen LogP contribution in [0, 0.1) is 0 Å². The van der Waals surface area contributed by atoms with Crippen molar-refractivity contribution in [2.75, 3.05) is 50.3 Å². The number of carbonyl (C=O) groups is 2. The highest BCUT2D eigenvalue weighted by Crippen LogP contribution is 2.32. The highest BCUT2D eigenvalue weighted by Gasteiger charge is 2.11. The summed E-state index contributed by atoms with van der Waals surface area (Å²) < 4.78 is 28.7. The molecule has 1 heterocycles. The van der Waals surface area contributed by atoms with Gasteiger partial charge in [0.05, 0.1) is 13.2 Å². The van der Waals surface area contributed by atoms with Crippen LogP contribution in [0.1, 0.15) is 13.8 Å². The van der Waals surface area contributed by atoms with Crippen molar-refractivity contribution >= 4 is 23.2 Å². The van der Waals surface area contributed by atoms with E-state index >= 15 is 0 Å². The van der Waals surface area contributed by atoms with Crippen LogP contribution in [-0.2, 0) is 14.3 Å². The number of nitrogens with one attached hydrogen (secondary N) is 2. The van der Waals surface area contributed by atoms with Gasteiger partial charge in [-0.25, -0.2) is 0 Å². The maximum Gasteiger partial charge on any atom is 0.221 e. The van der Waals surface area contributed by atoms with Gasteiger partial charge in [-0.3, -0.25) is 9.59 Å². The predicted molar refractivity (Wildman–Crippen MR) is 114 cm³/mol. The van der Waals surface area contributed by atoms with Crippen molar-refractivity contribution in [2.24, 2.45) is 0 Å². The SMILES string of the molecule is CC(=O)Nc1ccc2c(c1)OCCOc1cc(NC(C)=O)ccc1OCCOCCO2. The third-order valence-electron chi connectivity index (χ3n) is 4.10. The molecule has 1 aliphatic rings. The first kappa shape index (κ1) is 22.2. The number of rotatable bonds is 2. The van der Waals surface area contributed by atoms with E-state index in [9.17, 15) is 9.59 Å². The summed E-state index contributed by atoms with van der Waals surface area (Å²) in [5.41, 5.74) is 1.20. The minimum atomic E-state index is -0.179. The molecule has 0 aliphatic carbocycles. The van der Waals surface area contributed by atoms with Gasteiger partial charge < -0.3 is 34.3 Å². The van der Waals surface area contributed by atoms with Crippen LogP contribution in [0.5, 0.6) is 23.0 Å². The van der Waals surface area contributed by atoms with E-state index in [1.165, 1.54) is 13.8 Å². The topological polar surface area (TPSA) is 104 Å². The van der Waals surface area contributed by atoms with Gasteiger partial charge in [-0.1, -0.05) is 0 Å². The third-order valence-corrected chi connectivity index (χ3v) is 4.10. The number of anilines is 2. The molecule has 0 saturated heterocycles. The molecule has 2 amide bonds. The maximum atomic E-state index is 11.3. The first-order valence-corrected chi connectivity index (χ1v) is 9.93. The zero-order chi connectivity index (χ0) is 22.1. The molecular formula is C22H26N2O7. The third kappa shape index (κ3) is 7.07. The molecule has 166 valence electrons. The van der Waals surface area contributed by atoms with Crippen molar-refractivity contribution in [1.29, 1.82) is 0 Å². The first-order chi connectivity index (χ1) is 15.0. The smallest absolute Gasteiger partial charge is 0.221 e. The van der Waals surface area contributed by atoms with Gasteiger partial charge >= 0.3 is 0 Å². The fraction of sp³-hybridized carbons (Fsp3) is 0.364. The fourth-order valence-corrected chi connectivity index (χ4v) is 2.87. The number of fused-ring (bicyclic) bond motifs is 2. The second kappa shape index (κ2) is 11.1. The van der Waals surface area contributed by atoms with Crippen molar-refractivity contribution in [1.82, 2.24) is 0 Å². The zero-order valence-corrected chi connectivity index (χ0v) is 17.6. The molecular weight excluding hydrogens is 404 g/mol. The van der Waals surface area contributed by atoms with E-state index in [0.717, 1.165) is 0 Å². The normalized spacial score (nSPS) is 14.5. The largest absolute Gasteiger partial charge is 0.487 e. The lowest BCUT2D eigenvalue weighted by Crippen LogP contribution is -2.12. The van der Waals surface area contributed by atoms with Gasteiger partial charge in [0.15, 0.2) is 23.0 Å². The summed E-state index contributed by atoms with van der Waals surface area (Å²) in [6.07, 6.45) is 0.